The second-order valence-electron chi connectivity index (χ2n) is 5.87. The summed E-state index contributed by atoms with van der Waals surface area (Å²) in [5, 5.41) is 4.42. The first kappa shape index (κ1) is 12.0. The molecule has 104 valence electrons. The molecular weight excluding hydrogens is 250 g/mol. The van der Waals surface area contributed by atoms with Crippen LogP contribution in [0.1, 0.15) is 37.4 Å². The van der Waals surface area contributed by atoms with E-state index in [0.717, 1.165) is 12.2 Å². The summed E-state index contributed by atoms with van der Waals surface area (Å²) < 4.78 is 2.14. The Hall–Kier alpha value is -1.75. The molecule has 0 aliphatic carbocycles. The fourth-order valence-electron chi connectivity index (χ4n) is 3.81. The fraction of sp³-hybridized carbons (Fsp3) is 0.533. The minimum atomic E-state index is 0.570. The minimum absolute atomic E-state index is 0.570. The molecule has 2 aliphatic rings. The van der Waals surface area contributed by atoms with Crippen LogP contribution in [0.25, 0.3) is 0 Å². The lowest BCUT2D eigenvalue weighted by Gasteiger charge is -2.38. The third-order valence-corrected chi connectivity index (χ3v) is 4.72. The van der Waals surface area contributed by atoms with Gasteiger partial charge in [-0.1, -0.05) is 0 Å². The van der Waals surface area contributed by atoms with Gasteiger partial charge in [-0.25, -0.2) is 0 Å². The van der Waals surface area contributed by atoms with E-state index in [0.29, 0.717) is 18.1 Å². The molecule has 2 atom stereocenters. The Morgan fingerprint density at radius 2 is 1.90 bits per heavy atom. The Bertz CT molecular complexity index is 539. The average Bonchev–Trinajstić information content (AvgIpc) is 3.08. The van der Waals surface area contributed by atoms with E-state index >= 15 is 0 Å². The van der Waals surface area contributed by atoms with Gasteiger partial charge in [0.25, 0.3) is 0 Å². The van der Waals surface area contributed by atoms with E-state index < -0.39 is 0 Å². The summed E-state index contributed by atoms with van der Waals surface area (Å²) in [6, 6.07) is 3.93. The van der Waals surface area contributed by atoms with Crippen LogP contribution in [-0.4, -0.2) is 36.7 Å². The molecule has 2 aromatic rings. The van der Waals surface area contributed by atoms with Crippen LogP contribution in [0.2, 0.25) is 0 Å². The van der Waals surface area contributed by atoms with Crippen molar-refractivity contribution in [1.82, 2.24) is 24.6 Å². The molecule has 0 amide bonds. The number of nitrogens with zero attached hydrogens (tertiary/aromatic N) is 5. The summed E-state index contributed by atoms with van der Waals surface area (Å²) in [6.45, 7) is 0.939. The molecule has 2 aliphatic heterocycles. The first-order valence-corrected chi connectivity index (χ1v) is 7.40. The maximum absolute atomic E-state index is 4.42. The third kappa shape index (κ3) is 2.12. The van der Waals surface area contributed by atoms with Crippen LogP contribution in [0.4, 0.5) is 0 Å². The highest BCUT2D eigenvalue weighted by Crippen LogP contribution is 2.41. The average molecular weight is 269 g/mol. The zero-order valence-corrected chi connectivity index (χ0v) is 11.5. The molecule has 0 N–H and O–H groups in total. The quantitative estimate of drug-likeness (QED) is 0.855. The normalized spacial score (nSPS) is 29.7. The molecule has 4 heterocycles. The van der Waals surface area contributed by atoms with Gasteiger partial charge in [-0.2, -0.15) is 5.10 Å². The number of aromatic nitrogens is 4. The molecule has 2 bridgehead atoms. The van der Waals surface area contributed by atoms with Crippen molar-refractivity contribution in [1.29, 1.82) is 0 Å². The van der Waals surface area contributed by atoms with Crippen molar-refractivity contribution in [3.63, 3.8) is 0 Å². The molecule has 0 aromatic carbocycles. The Morgan fingerprint density at radius 3 is 2.55 bits per heavy atom. The highest BCUT2D eigenvalue weighted by Gasteiger charge is 2.41. The molecule has 0 spiro atoms. The molecule has 0 radical (unpaired) electrons. The lowest BCUT2D eigenvalue weighted by molar-refractivity contribution is 0.0937. The van der Waals surface area contributed by atoms with Crippen molar-refractivity contribution in [3.05, 3.63) is 42.7 Å². The predicted molar refractivity (Wildman–Crippen MR) is 74.9 cm³/mol. The Morgan fingerprint density at radius 1 is 1.05 bits per heavy atom. The molecule has 5 heteroatoms. The van der Waals surface area contributed by atoms with Crippen LogP contribution in [0.3, 0.4) is 0 Å². The van der Waals surface area contributed by atoms with Gasteiger partial charge in [0.15, 0.2) is 0 Å². The van der Waals surface area contributed by atoms with E-state index in [2.05, 4.69) is 30.8 Å². The van der Waals surface area contributed by atoms with Crippen LogP contribution in [0.5, 0.6) is 0 Å². The van der Waals surface area contributed by atoms with Crippen LogP contribution < -0.4 is 0 Å². The Kier molecular flexibility index (Phi) is 2.99. The summed E-state index contributed by atoms with van der Waals surface area (Å²) >= 11 is 0. The topological polar surface area (TPSA) is 46.8 Å². The molecule has 5 nitrogen and oxygen atoms in total. The number of fused-ring (bicyclic) bond motifs is 2. The van der Waals surface area contributed by atoms with Crippen molar-refractivity contribution < 1.29 is 0 Å². The van der Waals surface area contributed by atoms with Gasteiger partial charge in [-0.15, -0.1) is 0 Å². The molecule has 2 unspecified atom stereocenters. The summed E-state index contributed by atoms with van der Waals surface area (Å²) in [5.74, 6) is 0. The van der Waals surface area contributed by atoms with Crippen molar-refractivity contribution >= 4 is 0 Å². The second kappa shape index (κ2) is 4.98. The van der Waals surface area contributed by atoms with E-state index in [1.165, 1.54) is 25.7 Å². The monoisotopic (exact) mass is 269 g/mol. The van der Waals surface area contributed by atoms with Gasteiger partial charge in [0.05, 0.1) is 11.7 Å². The number of hydrogen-bond donors (Lipinski definition) is 0. The van der Waals surface area contributed by atoms with Gasteiger partial charge < -0.3 is 0 Å². The highest BCUT2D eigenvalue weighted by molar-refractivity contribution is 5.02. The predicted octanol–water partition coefficient (Wildman–Crippen LogP) is 2.04. The van der Waals surface area contributed by atoms with E-state index in [1.807, 2.05) is 18.5 Å². The lowest BCUT2D eigenvalue weighted by Crippen LogP contribution is -2.43. The Labute approximate surface area is 118 Å². The number of rotatable bonds is 3. The Balaban J connectivity index is 1.49. The summed E-state index contributed by atoms with van der Waals surface area (Å²) in [5.41, 5.74) is 1.09. The smallest absolute Gasteiger partial charge is 0.0727 e. The van der Waals surface area contributed by atoms with Gasteiger partial charge in [-0.05, 0) is 31.7 Å². The third-order valence-electron chi connectivity index (χ3n) is 4.72. The minimum Gasteiger partial charge on any atom is -0.291 e. The van der Waals surface area contributed by atoms with Crippen molar-refractivity contribution in [3.8, 4) is 0 Å². The summed E-state index contributed by atoms with van der Waals surface area (Å²) in [4.78, 5) is 11.2. The van der Waals surface area contributed by atoms with Crippen LogP contribution in [0, 0.1) is 0 Å². The lowest BCUT2D eigenvalue weighted by atomic mass is 9.97. The van der Waals surface area contributed by atoms with E-state index in [4.69, 9.17) is 0 Å². The maximum atomic E-state index is 4.42. The molecular formula is C15H19N5. The number of piperidine rings is 1. The first-order valence-electron chi connectivity index (χ1n) is 7.40. The number of hydrogen-bond acceptors (Lipinski definition) is 4. The standard InChI is InChI=1S/C15H19N5/c1-4-18-20(7-1)15-8-13-2-3-14(9-15)19(13)11-12-10-16-5-6-17-12/h1,4-7,10,13-15H,2-3,8-9,11H2. The van der Waals surface area contributed by atoms with Crippen LogP contribution in [-0.2, 0) is 6.54 Å². The zero-order valence-electron chi connectivity index (χ0n) is 11.5. The van der Waals surface area contributed by atoms with Gasteiger partial charge in [0.2, 0.25) is 0 Å². The van der Waals surface area contributed by atoms with E-state index in [9.17, 15) is 0 Å². The maximum Gasteiger partial charge on any atom is 0.0727 e. The van der Waals surface area contributed by atoms with Crippen molar-refractivity contribution in [2.24, 2.45) is 0 Å². The van der Waals surface area contributed by atoms with Crippen molar-refractivity contribution in [2.75, 3.05) is 0 Å². The molecule has 2 fully saturated rings. The van der Waals surface area contributed by atoms with Gasteiger partial charge in [0, 0.05) is 49.6 Å². The second-order valence-corrected chi connectivity index (χ2v) is 5.87. The molecule has 2 aromatic heterocycles. The largest absolute Gasteiger partial charge is 0.291 e. The van der Waals surface area contributed by atoms with Gasteiger partial charge in [-0.3, -0.25) is 19.5 Å². The van der Waals surface area contributed by atoms with E-state index in [1.54, 1.807) is 12.4 Å². The summed E-state index contributed by atoms with van der Waals surface area (Å²) in [7, 11) is 0. The van der Waals surface area contributed by atoms with Gasteiger partial charge in [0.1, 0.15) is 0 Å². The molecule has 4 rings (SSSR count). The SMILES string of the molecule is c1cnn(C2CC3CCC(C2)N3Cc2cnccn2)c1. The molecule has 20 heavy (non-hydrogen) atoms. The zero-order chi connectivity index (χ0) is 13.4. The van der Waals surface area contributed by atoms with E-state index in [-0.39, 0.29) is 0 Å². The fourth-order valence-corrected chi connectivity index (χ4v) is 3.81. The van der Waals surface area contributed by atoms with Crippen LogP contribution in [0.15, 0.2) is 37.1 Å². The first-order chi connectivity index (χ1) is 9.90. The highest BCUT2D eigenvalue weighted by atomic mass is 15.3. The molecule has 0 saturated carbocycles. The summed E-state index contributed by atoms with van der Waals surface area (Å²) in [6.07, 6.45) is 14.4. The van der Waals surface area contributed by atoms with Gasteiger partial charge >= 0.3 is 0 Å². The molecule has 2 saturated heterocycles. The van der Waals surface area contributed by atoms with Crippen LogP contribution >= 0.6 is 0 Å². The van der Waals surface area contributed by atoms with Crippen molar-refractivity contribution in [2.45, 2.75) is 50.4 Å².